The van der Waals surface area contributed by atoms with Crippen LogP contribution in [0.4, 0.5) is 0 Å². The number of methoxy groups -OCH3 is 1. The molecule has 1 aromatic rings. The second-order valence-corrected chi connectivity index (χ2v) is 3.49. The molecule has 3 nitrogen and oxygen atoms in total. The largest absolute Gasteiger partial charge is 0.497 e. The fourth-order valence-electron chi connectivity index (χ4n) is 1.23. The van der Waals surface area contributed by atoms with E-state index in [1.807, 2.05) is 24.3 Å². The molecular formula is C14H20ClNO2. The maximum atomic E-state index is 5.46. The highest BCUT2D eigenvalue weighted by molar-refractivity contribution is 5.85. The van der Waals surface area contributed by atoms with Crippen molar-refractivity contribution in [2.24, 2.45) is 0 Å². The van der Waals surface area contributed by atoms with Crippen LogP contribution in [-0.2, 0) is 0 Å². The Balaban J connectivity index is 0.00000289. The highest BCUT2D eigenvalue weighted by Crippen LogP contribution is 2.16. The van der Waals surface area contributed by atoms with Crippen LogP contribution in [0.3, 0.4) is 0 Å². The van der Waals surface area contributed by atoms with Gasteiger partial charge < -0.3 is 14.8 Å². The van der Waals surface area contributed by atoms with Gasteiger partial charge in [0.2, 0.25) is 0 Å². The molecule has 4 heteroatoms. The van der Waals surface area contributed by atoms with Gasteiger partial charge >= 0.3 is 0 Å². The van der Waals surface area contributed by atoms with Crippen LogP contribution in [-0.4, -0.2) is 26.8 Å². The Morgan fingerprint density at radius 1 is 1.11 bits per heavy atom. The zero-order valence-corrected chi connectivity index (χ0v) is 11.7. The summed E-state index contributed by atoms with van der Waals surface area (Å²) in [4.78, 5) is 0. The average Bonchev–Trinajstić information content (AvgIpc) is 2.38. The summed E-state index contributed by atoms with van der Waals surface area (Å²) in [6.45, 7) is 4.28. The van der Waals surface area contributed by atoms with Crippen LogP contribution in [0, 0.1) is 11.8 Å². The van der Waals surface area contributed by atoms with Crippen molar-refractivity contribution in [2.75, 3.05) is 26.8 Å². The maximum Gasteiger partial charge on any atom is 0.149 e. The molecule has 0 spiro atoms. The fraction of sp³-hybridized carbons (Fsp3) is 0.429. The zero-order valence-electron chi connectivity index (χ0n) is 10.9. The molecule has 18 heavy (non-hydrogen) atoms. The third kappa shape index (κ3) is 7.05. The molecule has 100 valence electrons. The molecule has 1 aromatic carbocycles. The Morgan fingerprint density at radius 3 is 2.39 bits per heavy atom. The van der Waals surface area contributed by atoms with E-state index in [4.69, 9.17) is 9.47 Å². The molecule has 1 N–H and O–H groups in total. The summed E-state index contributed by atoms with van der Waals surface area (Å²) in [7, 11) is 1.64. The van der Waals surface area contributed by atoms with Gasteiger partial charge in [0.1, 0.15) is 18.1 Å². The lowest BCUT2D eigenvalue weighted by Crippen LogP contribution is -2.14. The van der Waals surface area contributed by atoms with Gasteiger partial charge in [0, 0.05) is 0 Å². The summed E-state index contributed by atoms with van der Waals surface area (Å²) in [5.74, 6) is 7.59. The molecule has 0 aromatic heterocycles. The van der Waals surface area contributed by atoms with Crippen molar-refractivity contribution < 1.29 is 9.47 Å². The summed E-state index contributed by atoms with van der Waals surface area (Å²) in [6.07, 6.45) is 1.13. The average molecular weight is 270 g/mol. The number of rotatable bonds is 6. The molecule has 0 saturated heterocycles. The first-order chi connectivity index (χ1) is 8.36. The van der Waals surface area contributed by atoms with Crippen LogP contribution in [0.5, 0.6) is 11.5 Å². The Morgan fingerprint density at radius 2 is 1.78 bits per heavy atom. The van der Waals surface area contributed by atoms with E-state index in [1.165, 1.54) is 0 Å². The molecule has 0 aliphatic carbocycles. The van der Waals surface area contributed by atoms with Crippen molar-refractivity contribution in [2.45, 2.75) is 13.3 Å². The van der Waals surface area contributed by atoms with Crippen molar-refractivity contribution in [3.63, 3.8) is 0 Å². The second-order valence-electron chi connectivity index (χ2n) is 3.49. The van der Waals surface area contributed by atoms with Gasteiger partial charge in [0.25, 0.3) is 0 Å². The zero-order chi connectivity index (χ0) is 12.3. The van der Waals surface area contributed by atoms with E-state index in [0.717, 1.165) is 31.0 Å². The smallest absolute Gasteiger partial charge is 0.149 e. The molecule has 0 radical (unpaired) electrons. The third-order valence-electron chi connectivity index (χ3n) is 2.14. The lowest BCUT2D eigenvalue weighted by molar-refractivity contribution is 0.367. The van der Waals surface area contributed by atoms with Gasteiger partial charge in [-0.15, -0.1) is 12.4 Å². The molecule has 0 amide bonds. The van der Waals surface area contributed by atoms with Crippen molar-refractivity contribution in [3.05, 3.63) is 24.3 Å². The molecule has 0 aliphatic heterocycles. The molecule has 0 aliphatic rings. The molecule has 0 saturated carbocycles. The highest BCUT2D eigenvalue weighted by Gasteiger charge is 1.92. The monoisotopic (exact) mass is 269 g/mol. The quantitative estimate of drug-likeness (QED) is 0.636. The van der Waals surface area contributed by atoms with E-state index in [0.29, 0.717) is 6.61 Å². The number of ether oxygens (including phenoxy) is 2. The van der Waals surface area contributed by atoms with Crippen LogP contribution in [0.25, 0.3) is 0 Å². The van der Waals surface area contributed by atoms with Crippen molar-refractivity contribution in [1.82, 2.24) is 5.32 Å². The Labute approximate surface area is 115 Å². The summed E-state index contributed by atoms with van der Waals surface area (Å²) in [5, 5.41) is 3.20. The lowest BCUT2D eigenvalue weighted by Gasteiger charge is -2.03. The summed E-state index contributed by atoms with van der Waals surface area (Å²) in [6, 6.07) is 7.48. The predicted molar refractivity (Wildman–Crippen MR) is 76.7 cm³/mol. The van der Waals surface area contributed by atoms with Crippen LogP contribution < -0.4 is 14.8 Å². The van der Waals surface area contributed by atoms with E-state index in [1.54, 1.807) is 7.11 Å². The van der Waals surface area contributed by atoms with Crippen LogP contribution >= 0.6 is 12.4 Å². The minimum absolute atomic E-state index is 0. The number of hydrogen-bond acceptors (Lipinski definition) is 3. The second kappa shape index (κ2) is 10.8. The molecular weight excluding hydrogens is 250 g/mol. The van der Waals surface area contributed by atoms with Gasteiger partial charge in [0.15, 0.2) is 0 Å². The van der Waals surface area contributed by atoms with Crippen molar-refractivity contribution in [3.8, 4) is 23.3 Å². The van der Waals surface area contributed by atoms with Gasteiger partial charge in [-0.2, -0.15) is 0 Å². The van der Waals surface area contributed by atoms with Crippen LogP contribution in [0.2, 0.25) is 0 Å². The van der Waals surface area contributed by atoms with Gasteiger partial charge in [0.05, 0.1) is 13.7 Å². The van der Waals surface area contributed by atoms with E-state index in [2.05, 4.69) is 24.1 Å². The van der Waals surface area contributed by atoms with Gasteiger partial charge in [-0.3, -0.25) is 0 Å². The minimum Gasteiger partial charge on any atom is -0.497 e. The first-order valence-corrected chi connectivity index (χ1v) is 5.80. The third-order valence-corrected chi connectivity index (χ3v) is 2.14. The maximum absolute atomic E-state index is 5.46. The fourth-order valence-corrected chi connectivity index (χ4v) is 1.23. The van der Waals surface area contributed by atoms with Crippen LogP contribution in [0.15, 0.2) is 24.3 Å². The van der Waals surface area contributed by atoms with E-state index < -0.39 is 0 Å². The van der Waals surface area contributed by atoms with Crippen molar-refractivity contribution >= 4 is 12.4 Å². The summed E-state index contributed by atoms with van der Waals surface area (Å²) >= 11 is 0. The number of benzene rings is 1. The lowest BCUT2D eigenvalue weighted by atomic mass is 10.3. The molecule has 0 unspecified atom stereocenters. The number of hydrogen-bond donors (Lipinski definition) is 1. The molecule has 0 atom stereocenters. The number of nitrogens with one attached hydrogen (secondary N) is 1. The van der Waals surface area contributed by atoms with Gasteiger partial charge in [-0.05, 0) is 37.2 Å². The molecule has 0 bridgehead atoms. The molecule has 1 rings (SSSR count). The van der Waals surface area contributed by atoms with E-state index in [-0.39, 0.29) is 12.4 Å². The molecule has 0 heterocycles. The van der Waals surface area contributed by atoms with E-state index in [9.17, 15) is 0 Å². The van der Waals surface area contributed by atoms with Crippen LogP contribution in [0.1, 0.15) is 13.3 Å². The normalized spacial score (nSPS) is 8.78. The first-order valence-electron chi connectivity index (χ1n) is 5.80. The minimum atomic E-state index is 0. The van der Waals surface area contributed by atoms with Gasteiger partial charge in [-0.25, -0.2) is 0 Å². The van der Waals surface area contributed by atoms with Crippen molar-refractivity contribution in [1.29, 1.82) is 0 Å². The predicted octanol–water partition coefficient (Wildman–Crippen LogP) is 2.50. The Bertz CT molecular complexity index is 368. The Kier molecular flexibility index (Phi) is 9.94. The summed E-state index contributed by atoms with van der Waals surface area (Å²) in [5.41, 5.74) is 0. The Hall–Kier alpha value is -1.37. The standard InChI is InChI=1S/C14H19NO2.ClH/c1-3-10-15-11-4-5-12-17-14-8-6-13(16-2)7-9-14;/h6-9,15H,3,10-12H2,1-2H3;1H. The first kappa shape index (κ1) is 16.6. The van der Waals surface area contributed by atoms with E-state index >= 15 is 0 Å². The molecule has 0 fully saturated rings. The van der Waals surface area contributed by atoms with Gasteiger partial charge in [-0.1, -0.05) is 18.8 Å². The summed E-state index contributed by atoms with van der Waals surface area (Å²) < 4.78 is 10.5. The highest BCUT2D eigenvalue weighted by atomic mass is 35.5. The SMILES string of the molecule is CCCNCC#CCOc1ccc(OC)cc1.Cl. The topological polar surface area (TPSA) is 30.5 Å². The number of halogens is 1.